The van der Waals surface area contributed by atoms with Gasteiger partial charge in [0.05, 0.1) is 10.7 Å². The van der Waals surface area contributed by atoms with E-state index in [2.05, 4.69) is 48.0 Å². The molecule has 0 spiro atoms. The fraction of sp³-hybridized carbons (Fsp3) is 0.643. The van der Waals surface area contributed by atoms with Gasteiger partial charge in [-0.1, -0.05) is 11.6 Å². The highest BCUT2D eigenvalue weighted by Gasteiger charge is 2.16. The number of pyridine rings is 1. The third kappa shape index (κ3) is 4.64. The minimum Gasteiger partial charge on any atom is -0.353 e. The third-order valence-corrected chi connectivity index (χ3v) is 3.39. The maximum atomic E-state index is 6.16. The molecule has 0 aliphatic carbocycles. The molecule has 0 amide bonds. The van der Waals surface area contributed by atoms with Gasteiger partial charge < -0.3 is 15.1 Å². The van der Waals surface area contributed by atoms with E-state index >= 15 is 0 Å². The van der Waals surface area contributed by atoms with Gasteiger partial charge in [0.2, 0.25) is 0 Å². The summed E-state index contributed by atoms with van der Waals surface area (Å²) in [6, 6.07) is 4.34. The second-order valence-electron chi connectivity index (χ2n) is 5.03. The molecule has 19 heavy (non-hydrogen) atoms. The predicted octanol–water partition coefficient (Wildman–Crippen LogP) is 2.23. The maximum absolute atomic E-state index is 6.16. The van der Waals surface area contributed by atoms with Crippen LogP contribution in [0.15, 0.2) is 12.1 Å². The van der Waals surface area contributed by atoms with Crippen molar-refractivity contribution in [1.29, 1.82) is 0 Å². The first-order valence-electron chi connectivity index (χ1n) is 6.71. The Bertz CT molecular complexity index is 395. The van der Waals surface area contributed by atoms with E-state index in [1.807, 2.05) is 19.2 Å². The first-order chi connectivity index (χ1) is 8.99. The Morgan fingerprint density at radius 2 is 2.05 bits per heavy atom. The van der Waals surface area contributed by atoms with Crippen molar-refractivity contribution in [2.75, 3.05) is 39.1 Å². The Labute approximate surface area is 121 Å². The smallest absolute Gasteiger partial charge is 0.129 e. The molecule has 0 bridgehead atoms. The largest absolute Gasteiger partial charge is 0.353 e. The summed E-state index contributed by atoms with van der Waals surface area (Å²) in [6.45, 7) is 6.99. The molecular formula is C14H25ClN4. The highest BCUT2D eigenvalue weighted by Crippen LogP contribution is 2.21. The average molecular weight is 285 g/mol. The molecule has 1 aromatic heterocycles. The summed E-state index contributed by atoms with van der Waals surface area (Å²) < 4.78 is 0. The summed E-state index contributed by atoms with van der Waals surface area (Å²) in [4.78, 5) is 9.17. The van der Waals surface area contributed by atoms with Gasteiger partial charge in [-0.05, 0) is 47.1 Å². The topological polar surface area (TPSA) is 31.4 Å². The maximum Gasteiger partial charge on any atom is 0.129 e. The molecule has 0 fully saturated rings. The molecule has 0 aliphatic heterocycles. The minimum atomic E-state index is 0.413. The van der Waals surface area contributed by atoms with Crippen molar-refractivity contribution in [3.63, 3.8) is 0 Å². The number of aromatic nitrogens is 1. The van der Waals surface area contributed by atoms with Crippen LogP contribution >= 0.6 is 11.6 Å². The predicted molar refractivity (Wildman–Crippen MR) is 83.0 cm³/mol. The molecule has 0 saturated carbocycles. The second kappa shape index (κ2) is 7.68. The van der Waals surface area contributed by atoms with Gasteiger partial charge in [-0.2, -0.15) is 0 Å². The summed E-state index contributed by atoms with van der Waals surface area (Å²) in [7, 11) is 6.08. The van der Waals surface area contributed by atoms with Crippen LogP contribution in [0.3, 0.4) is 0 Å². The molecule has 0 aromatic carbocycles. The molecule has 1 N–H and O–H groups in total. The fourth-order valence-corrected chi connectivity index (χ4v) is 2.42. The zero-order valence-electron chi connectivity index (χ0n) is 12.6. The number of hydrogen-bond acceptors (Lipinski definition) is 4. The van der Waals surface area contributed by atoms with Crippen LogP contribution in [0.4, 0.5) is 5.82 Å². The number of halogens is 1. The van der Waals surface area contributed by atoms with E-state index in [1.54, 1.807) is 0 Å². The van der Waals surface area contributed by atoms with Crippen LogP contribution in [0.25, 0.3) is 0 Å². The minimum absolute atomic E-state index is 0.413. The summed E-state index contributed by atoms with van der Waals surface area (Å²) in [5.74, 6) is 0.992. The average Bonchev–Trinajstić information content (AvgIpc) is 2.33. The van der Waals surface area contributed by atoms with Gasteiger partial charge in [-0.25, -0.2) is 4.98 Å². The number of anilines is 1. The number of nitrogens with zero attached hydrogens (tertiary/aromatic N) is 3. The van der Waals surface area contributed by atoms with Crippen molar-refractivity contribution in [3.8, 4) is 0 Å². The van der Waals surface area contributed by atoms with E-state index in [0.717, 1.165) is 29.6 Å². The fourth-order valence-electron chi connectivity index (χ4n) is 2.25. The zero-order chi connectivity index (χ0) is 14.4. The van der Waals surface area contributed by atoms with Gasteiger partial charge in [0.15, 0.2) is 0 Å². The number of nitrogens with one attached hydrogen (secondary N) is 1. The van der Waals surface area contributed by atoms with Crippen molar-refractivity contribution < 1.29 is 0 Å². The van der Waals surface area contributed by atoms with E-state index in [4.69, 9.17) is 11.6 Å². The molecule has 1 atom stereocenters. The van der Waals surface area contributed by atoms with Crippen molar-refractivity contribution in [1.82, 2.24) is 15.2 Å². The molecular weight excluding hydrogens is 260 g/mol. The van der Waals surface area contributed by atoms with Crippen LogP contribution < -0.4 is 10.2 Å². The normalized spacial score (nSPS) is 12.8. The van der Waals surface area contributed by atoms with Crippen LogP contribution in [0.2, 0.25) is 5.02 Å². The number of rotatable bonds is 7. The Morgan fingerprint density at radius 1 is 1.37 bits per heavy atom. The Kier molecular flexibility index (Phi) is 6.55. The SMILES string of the molecule is CCN(c1ccc(Cl)c(CNC)n1)C(C)CN(C)C. The van der Waals surface area contributed by atoms with Crippen molar-refractivity contribution in [3.05, 3.63) is 22.8 Å². The number of hydrogen-bond donors (Lipinski definition) is 1. The van der Waals surface area contributed by atoms with Gasteiger partial charge in [-0.15, -0.1) is 0 Å². The standard InChI is InChI=1S/C14H25ClN4/c1-6-19(11(2)10-18(4)5)14-8-7-12(15)13(17-14)9-16-3/h7-8,11,16H,6,9-10H2,1-5H3. The molecule has 1 aromatic rings. The van der Waals surface area contributed by atoms with E-state index < -0.39 is 0 Å². The van der Waals surface area contributed by atoms with Crippen molar-refractivity contribution in [2.24, 2.45) is 0 Å². The van der Waals surface area contributed by atoms with E-state index in [0.29, 0.717) is 12.6 Å². The molecule has 0 saturated heterocycles. The molecule has 0 radical (unpaired) electrons. The van der Waals surface area contributed by atoms with E-state index in [-0.39, 0.29) is 0 Å². The quantitative estimate of drug-likeness (QED) is 0.832. The summed E-state index contributed by atoms with van der Waals surface area (Å²) in [5, 5.41) is 3.81. The first kappa shape index (κ1) is 16.2. The van der Waals surface area contributed by atoms with Gasteiger partial charge in [0.1, 0.15) is 5.82 Å². The van der Waals surface area contributed by atoms with E-state index in [1.165, 1.54) is 0 Å². The monoisotopic (exact) mass is 284 g/mol. The van der Waals surface area contributed by atoms with Crippen molar-refractivity contribution >= 4 is 17.4 Å². The summed E-state index contributed by atoms with van der Waals surface area (Å²) in [6.07, 6.45) is 0. The third-order valence-electron chi connectivity index (χ3n) is 3.04. The molecule has 1 unspecified atom stereocenters. The van der Waals surface area contributed by atoms with Crippen LogP contribution in [-0.4, -0.2) is 50.2 Å². The van der Waals surface area contributed by atoms with Gasteiger partial charge in [-0.3, -0.25) is 0 Å². The highest BCUT2D eigenvalue weighted by molar-refractivity contribution is 6.31. The van der Waals surface area contributed by atoms with Crippen LogP contribution in [0, 0.1) is 0 Å². The van der Waals surface area contributed by atoms with Crippen LogP contribution in [-0.2, 0) is 6.54 Å². The summed E-state index contributed by atoms with van der Waals surface area (Å²) in [5.41, 5.74) is 0.900. The second-order valence-corrected chi connectivity index (χ2v) is 5.43. The molecule has 108 valence electrons. The van der Waals surface area contributed by atoms with Crippen LogP contribution in [0.1, 0.15) is 19.5 Å². The van der Waals surface area contributed by atoms with Gasteiger partial charge in [0, 0.05) is 25.7 Å². The Hall–Kier alpha value is -0.840. The first-order valence-corrected chi connectivity index (χ1v) is 7.08. The molecule has 1 heterocycles. The lowest BCUT2D eigenvalue weighted by atomic mass is 10.2. The number of likely N-dealkylation sites (N-methyl/N-ethyl adjacent to an activating group) is 2. The molecule has 0 aliphatic rings. The van der Waals surface area contributed by atoms with Crippen LogP contribution in [0.5, 0.6) is 0 Å². The molecule has 1 rings (SSSR count). The molecule has 5 heteroatoms. The lowest BCUT2D eigenvalue weighted by Crippen LogP contribution is -2.40. The lowest BCUT2D eigenvalue weighted by molar-refractivity contribution is 0.372. The Morgan fingerprint density at radius 3 is 2.58 bits per heavy atom. The zero-order valence-corrected chi connectivity index (χ0v) is 13.3. The lowest BCUT2D eigenvalue weighted by Gasteiger charge is -2.31. The van der Waals surface area contributed by atoms with Gasteiger partial charge >= 0.3 is 0 Å². The highest BCUT2D eigenvalue weighted by atomic mass is 35.5. The van der Waals surface area contributed by atoms with Crippen molar-refractivity contribution in [2.45, 2.75) is 26.4 Å². The van der Waals surface area contributed by atoms with E-state index in [9.17, 15) is 0 Å². The van der Waals surface area contributed by atoms with Gasteiger partial charge in [0.25, 0.3) is 0 Å². The Balaban J connectivity index is 2.94. The molecule has 4 nitrogen and oxygen atoms in total. The summed E-state index contributed by atoms with van der Waals surface area (Å²) >= 11 is 6.16.